The summed E-state index contributed by atoms with van der Waals surface area (Å²) in [5.74, 6) is 0.448. The van der Waals surface area contributed by atoms with Gasteiger partial charge >= 0.3 is 0 Å². The fourth-order valence-corrected chi connectivity index (χ4v) is 3.70. The van der Waals surface area contributed by atoms with E-state index < -0.39 is 15.8 Å². The van der Waals surface area contributed by atoms with Crippen LogP contribution < -0.4 is 19.9 Å². The van der Waals surface area contributed by atoms with Crippen molar-refractivity contribution in [2.24, 2.45) is 5.14 Å². The highest BCUT2D eigenvalue weighted by molar-refractivity contribution is 7.89. The Morgan fingerprint density at radius 3 is 2.26 bits per heavy atom. The number of hydrogen-bond donors (Lipinski definition) is 2. The van der Waals surface area contributed by atoms with Crippen LogP contribution in [0.15, 0.2) is 59.5 Å². The van der Waals surface area contributed by atoms with Crippen LogP contribution in [-0.2, 0) is 23.2 Å². The molecule has 0 fully saturated rings. The van der Waals surface area contributed by atoms with Gasteiger partial charge in [-0.05, 0) is 48.0 Å². The van der Waals surface area contributed by atoms with Gasteiger partial charge in [0.25, 0.3) is 0 Å². The number of nitrogens with two attached hydrogens (primary N) is 1. The van der Waals surface area contributed by atoms with E-state index in [0.717, 1.165) is 5.56 Å². The molecule has 0 amide bonds. The molecule has 3 aromatic rings. The zero-order valence-corrected chi connectivity index (χ0v) is 18.7. The third kappa shape index (κ3) is 6.01. The zero-order valence-electron chi connectivity index (χ0n) is 16.4. The normalized spacial score (nSPS) is 11.3. The number of halogens is 3. The molecule has 0 unspecified atom stereocenters. The lowest BCUT2D eigenvalue weighted by Gasteiger charge is -2.15. The van der Waals surface area contributed by atoms with Gasteiger partial charge < -0.3 is 14.8 Å². The van der Waals surface area contributed by atoms with Crippen molar-refractivity contribution in [3.63, 3.8) is 0 Å². The molecule has 0 aliphatic carbocycles. The summed E-state index contributed by atoms with van der Waals surface area (Å²) in [7, 11) is -2.24. The Morgan fingerprint density at radius 1 is 0.968 bits per heavy atom. The topological polar surface area (TPSA) is 90.6 Å². The van der Waals surface area contributed by atoms with Crippen molar-refractivity contribution in [2.45, 2.75) is 18.0 Å². The van der Waals surface area contributed by atoms with E-state index in [9.17, 15) is 12.8 Å². The Bertz CT molecular complexity index is 1190. The van der Waals surface area contributed by atoms with E-state index in [0.29, 0.717) is 34.3 Å². The standard InChI is InChI=1S/C21H19Cl2FN2O4S/c1-29-20-8-14(11-26-16-4-6-17(7-5-16)31(25,27)28)19(23)10-21(20)30-12-13-2-3-15(24)9-18(13)22/h2-10,26H,11-12H2,1H3,(H2,25,27,28). The molecule has 0 spiro atoms. The molecular weight excluding hydrogens is 466 g/mol. The summed E-state index contributed by atoms with van der Waals surface area (Å²) < 4.78 is 47.0. The van der Waals surface area contributed by atoms with Gasteiger partial charge in [-0.2, -0.15) is 0 Å². The van der Waals surface area contributed by atoms with Gasteiger partial charge in [0, 0.05) is 28.9 Å². The molecule has 3 aromatic carbocycles. The lowest BCUT2D eigenvalue weighted by atomic mass is 10.2. The van der Waals surface area contributed by atoms with Crippen LogP contribution in [0.4, 0.5) is 10.1 Å². The second-order valence-electron chi connectivity index (χ2n) is 6.54. The SMILES string of the molecule is COc1cc(CNc2ccc(S(N)(=O)=O)cc2)c(Cl)cc1OCc1ccc(F)cc1Cl. The van der Waals surface area contributed by atoms with Gasteiger partial charge in [-0.3, -0.25) is 0 Å². The van der Waals surface area contributed by atoms with Crippen LogP contribution >= 0.6 is 23.2 Å². The summed E-state index contributed by atoms with van der Waals surface area (Å²) in [4.78, 5) is 0.0283. The van der Waals surface area contributed by atoms with Gasteiger partial charge in [0.2, 0.25) is 10.0 Å². The maximum Gasteiger partial charge on any atom is 0.238 e. The van der Waals surface area contributed by atoms with Crippen molar-refractivity contribution in [3.8, 4) is 11.5 Å². The molecule has 0 atom stereocenters. The monoisotopic (exact) mass is 484 g/mol. The fourth-order valence-electron chi connectivity index (χ4n) is 2.74. The molecule has 6 nitrogen and oxygen atoms in total. The third-order valence-corrected chi connectivity index (χ3v) is 6.03. The zero-order chi connectivity index (χ0) is 22.6. The number of methoxy groups -OCH3 is 1. The summed E-state index contributed by atoms with van der Waals surface area (Å²) in [6.07, 6.45) is 0. The molecule has 0 aliphatic rings. The van der Waals surface area contributed by atoms with E-state index in [2.05, 4.69) is 5.32 Å². The minimum absolute atomic E-state index is 0.0283. The van der Waals surface area contributed by atoms with Crippen LogP contribution in [0.3, 0.4) is 0 Å². The first-order chi connectivity index (χ1) is 14.7. The van der Waals surface area contributed by atoms with Crippen molar-refractivity contribution in [1.82, 2.24) is 0 Å². The Hall–Kier alpha value is -2.52. The van der Waals surface area contributed by atoms with Gasteiger partial charge in [-0.25, -0.2) is 17.9 Å². The lowest BCUT2D eigenvalue weighted by Crippen LogP contribution is -2.12. The number of benzene rings is 3. The number of sulfonamides is 1. The predicted octanol–water partition coefficient (Wildman–Crippen LogP) is 4.98. The summed E-state index contributed by atoms with van der Waals surface area (Å²) in [5, 5.41) is 8.95. The first kappa shape index (κ1) is 23.1. The quantitative estimate of drug-likeness (QED) is 0.470. The Morgan fingerprint density at radius 2 is 1.65 bits per heavy atom. The molecule has 164 valence electrons. The van der Waals surface area contributed by atoms with E-state index in [-0.39, 0.29) is 16.5 Å². The van der Waals surface area contributed by atoms with Crippen LogP contribution in [0.1, 0.15) is 11.1 Å². The van der Waals surface area contributed by atoms with Gasteiger partial charge in [0.1, 0.15) is 12.4 Å². The first-order valence-corrected chi connectivity index (χ1v) is 11.3. The summed E-state index contributed by atoms with van der Waals surface area (Å²) in [6, 6.07) is 13.5. The highest BCUT2D eigenvalue weighted by Gasteiger charge is 2.13. The van der Waals surface area contributed by atoms with Crippen LogP contribution in [0.25, 0.3) is 0 Å². The smallest absolute Gasteiger partial charge is 0.238 e. The largest absolute Gasteiger partial charge is 0.493 e. The molecule has 10 heteroatoms. The number of rotatable bonds is 8. The second kappa shape index (κ2) is 9.74. The molecular formula is C21H19Cl2FN2O4S. The first-order valence-electron chi connectivity index (χ1n) is 8.97. The van der Waals surface area contributed by atoms with Gasteiger partial charge in [-0.1, -0.05) is 29.3 Å². The third-order valence-electron chi connectivity index (χ3n) is 4.40. The molecule has 0 aromatic heterocycles. The van der Waals surface area contributed by atoms with Crippen LogP contribution in [0.5, 0.6) is 11.5 Å². The van der Waals surface area contributed by atoms with Gasteiger partial charge in [0.15, 0.2) is 11.5 Å². The maximum absolute atomic E-state index is 13.2. The number of nitrogens with one attached hydrogen (secondary N) is 1. The molecule has 3 rings (SSSR count). The minimum atomic E-state index is -3.74. The van der Waals surface area contributed by atoms with E-state index in [1.807, 2.05) is 0 Å². The summed E-state index contributed by atoms with van der Waals surface area (Å²) in [6.45, 7) is 0.466. The molecule has 0 saturated carbocycles. The number of ether oxygens (including phenoxy) is 2. The average Bonchev–Trinajstić information content (AvgIpc) is 2.72. The van der Waals surface area contributed by atoms with E-state index in [1.165, 1.54) is 31.4 Å². The van der Waals surface area contributed by atoms with Crippen molar-refractivity contribution in [2.75, 3.05) is 12.4 Å². The van der Waals surface area contributed by atoms with Crippen molar-refractivity contribution in [3.05, 3.63) is 81.6 Å². The highest BCUT2D eigenvalue weighted by atomic mass is 35.5. The number of hydrogen-bond acceptors (Lipinski definition) is 5. The maximum atomic E-state index is 13.2. The van der Waals surface area contributed by atoms with E-state index >= 15 is 0 Å². The van der Waals surface area contributed by atoms with E-state index in [4.69, 9.17) is 37.8 Å². The van der Waals surface area contributed by atoms with Crippen molar-refractivity contribution in [1.29, 1.82) is 0 Å². The van der Waals surface area contributed by atoms with Gasteiger partial charge in [-0.15, -0.1) is 0 Å². The Labute approximate surface area is 189 Å². The van der Waals surface area contributed by atoms with Crippen molar-refractivity contribution >= 4 is 38.9 Å². The summed E-state index contributed by atoms with van der Waals surface area (Å²) >= 11 is 12.4. The van der Waals surface area contributed by atoms with E-state index in [1.54, 1.807) is 30.3 Å². The predicted molar refractivity (Wildman–Crippen MR) is 119 cm³/mol. The Kier molecular flexibility index (Phi) is 7.27. The second-order valence-corrected chi connectivity index (χ2v) is 8.92. The molecule has 0 bridgehead atoms. The molecule has 3 N–H and O–H groups in total. The molecule has 0 heterocycles. The van der Waals surface area contributed by atoms with Gasteiger partial charge in [0.05, 0.1) is 17.0 Å². The minimum Gasteiger partial charge on any atom is -0.493 e. The molecule has 0 radical (unpaired) electrons. The highest BCUT2D eigenvalue weighted by Crippen LogP contribution is 2.34. The number of primary sulfonamides is 1. The molecule has 31 heavy (non-hydrogen) atoms. The summed E-state index contributed by atoms with van der Waals surface area (Å²) in [5.41, 5.74) is 2.05. The Balaban J connectivity index is 1.71. The van der Waals surface area contributed by atoms with Crippen LogP contribution in [0.2, 0.25) is 10.0 Å². The van der Waals surface area contributed by atoms with Crippen LogP contribution in [-0.4, -0.2) is 15.5 Å². The number of anilines is 1. The molecule has 0 aliphatic heterocycles. The average molecular weight is 485 g/mol. The fraction of sp³-hybridized carbons (Fsp3) is 0.143. The van der Waals surface area contributed by atoms with Crippen molar-refractivity contribution < 1.29 is 22.3 Å². The lowest BCUT2D eigenvalue weighted by molar-refractivity contribution is 0.284. The van der Waals surface area contributed by atoms with Crippen LogP contribution in [0, 0.1) is 5.82 Å². The molecule has 0 saturated heterocycles.